The number of hydrogen-bond acceptors (Lipinski definition) is 3. The molecule has 6 heteroatoms. The van der Waals surface area contributed by atoms with Crippen molar-refractivity contribution >= 4 is 46.1 Å². The Labute approximate surface area is 161 Å². The van der Waals surface area contributed by atoms with Crippen molar-refractivity contribution in [3.8, 4) is 11.1 Å². The van der Waals surface area contributed by atoms with E-state index >= 15 is 0 Å². The molecule has 1 aromatic heterocycles. The van der Waals surface area contributed by atoms with E-state index in [9.17, 15) is 9.90 Å². The average Bonchev–Trinajstić information content (AvgIpc) is 2.91. The maximum atomic E-state index is 11.6. The molecule has 1 aliphatic heterocycles. The summed E-state index contributed by atoms with van der Waals surface area (Å²) in [7, 11) is 2.05. The van der Waals surface area contributed by atoms with Gasteiger partial charge in [-0.05, 0) is 66.2 Å². The lowest BCUT2D eigenvalue weighted by Crippen LogP contribution is -2.19. The van der Waals surface area contributed by atoms with Gasteiger partial charge in [0, 0.05) is 23.2 Å². The molecule has 0 fully saturated rings. The highest BCUT2D eigenvalue weighted by Crippen LogP contribution is 2.47. The van der Waals surface area contributed by atoms with Crippen LogP contribution in [0.15, 0.2) is 30.3 Å². The number of aliphatic carboxylic acids is 1. The number of nitrogens with zero attached hydrogens (tertiary/aromatic N) is 2. The van der Waals surface area contributed by atoms with Crippen LogP contribution >= 0.6 is 23.5 Å². The molecule has 2 aromatic carbocycles. The van der Waals surface area contributed by atoms with Gasteiger partial charge in [0.05, 0.1) is 23.5 Å². The van der Waals surface area contributed by atoms with Crippen LogP contribution in [0.4, 0.5) is 5.69 Å². The molecular weight excluding hydrogens is 368 g/mol. The Bertz CT molecular complexity index is 1040. The molecule has 0 amide bonds. The molecule has 0 aliphatic carbocycles. The number of aryl methyl sites for hydroxylation is 1. The third-order valence-corrected chi connectivity index (χ3v) is 6.26. The number of carboxylic acids is 1. The Morgan fingerprint density at radius 3 is 2.62 bits per heavy atom. The van der Waals surface area contributed by atoms with Crippen LogP contribution in [-0.4, -0.2) is 22.7 Å². The summed E-state index contributed by atoms with van der Waals surface area (Å²) >= 11 is 7.80. The van der Waals surface area contributed by atoms with Gasteiger partial charge in [-0.3, -0.25) is 4.79 Å². The smallest absolute Gasteiger partial charge is 0.307 e. The normalized spacial score (nSPS) is 13.5. The molecule has 4 nitrogen and oxygen atoms in total. The summed E-state index contributed by atoms with van der Waals surface area (Å²) in [6.45, 7) is 4.13. The minimum Gasteiger partial charge on any atom is -0.481 e. The van der Waals surface area contributed by atoms with Gasteiger partial charge in [0.1, 0.15) is 0 Å². The van der Waals surface area contributed by atoms with Crippen molar-refractivity contribution in [2.45, 2.75) is 26.1 Å². The Morgan fingerprint density at radius 1 is 1.27 bits per heavy atom. The van der Waals surface area contributed by atoms with Crippen molar-refractivity contribution in [2.24, 2.45) is 0 Å². The third-order valence-electron chi connectivity index (χ3n) is 5.06. The fourth-order valence-electron chi connectivity index (χ4n) is 3.87. The highest BCUT2D eigenvalue weighted by atomic mass is 35.5. The van der Waals surface area contributed by atoms with Crippen molar-refractivity contribution < 1.29 is 9.90 Å². The Balaban J connectivity index is 2.15. The minimum atomic E-state index is -0.822. The Kier molecular flexibility index (Phi) is 4.16. The molecule has 4 rings (SSSR count). The Hall–Kier alpha value is -2.11. The van der Waals surface area contributed by atoms with Gasteiger partial charge < -0.3 is 14.0 Å². The monoisotopic (exact) mass is 386 g/mol. The predicted octanol–water partition coefficient (Wildman–Crippen LogP) is 5.26. The summed E-state index contributed by atoms with van der Waals surface area (Å²) in [6.07, 6.45) is -0.00450. The molecule has 0 atom stereocenters. The summed E-state index contributed by atoms with van der Waals surface area (Å²) in [5.41, 5.74) is 7.37. The number of hydrogen-bond donors (Lipinski definition) is 1. The van der Waals surface area contributed by atoms with Crippen molar-refractivity contribution in [2.75, 3.05) is 11.4 Å². The van der Waals surface area contributed by atoms with Crippen LogP contribution in [0.2, 0.25) is 5.02 Å². The Morgan fingerprint density at radius 2 is 1.96 bits per heavy atom. The first-order valence-corrected chi connectivity index (χ1v) is 9.70. The van der Waals surface area contributed by atoms with Crippen molar-refractivity contribution in [3.05, 3.63) is 52.2 Å². The van der Waals surface area contributed by atoms with E-state index in [1.807, 2.05) is 38.2 Å². The average molecular weight is 387 g/mol. The molecule has 3 aromatic rings. The molecule has 26 heavy (non-hydrogen) atoms. The summed E-state index contributed by atoms with van der Waals surface area (Å²) in [6, 6.07) is 9.83. The maximum Gasteiger partial charge on any atom is 0.307 e. The van der Waals surface area contributed by atoms with E-state index in [0.29, 0.717) is 5.02 Å². The lowest BCUT2D eigenvalue weighted by atomic mass is 9.89. The summed E-state index contributed by atoms with van der Waals surface area (Å²) in [4.78, 5) is 11.6. The largest absolute Gasteiger partial charge is 0.481 e. The number of anilines is 1. The molecule has 2 heterocycles. The highest BCUT2D eigenvalue weighted by Gasteiger charge is 2.27. The molecule has 0 radical (unpaired) electrons. The van der Waals surface area contributed by atoms with Crippen LogP contribution < -0.4 is 4.31 Å². The van der Waals surface area contributed by atoms with Gasteiger partial charge in [-0.25, -0.2) is 0 Å². The lowest BCUT2D eigenvalue weighted by molar-refractivity contribution is -0.136. The van der Waals surface area contributed by atoms with Crippen molar-refractivity contribution in [3.63, 3.8) is 0 Å². The quantitative estimate of drug-likeness (QED) is 0.623. The molecule has 0 spiro atoms. The van der Waals surface area contributed by atoms with Crippen LogP contribution in [0.1, 0.15) is 16.8 Å². The van der Waals surface area contributed by atoms with E-state index in [-0.39, 0.29) is 6.42 Å². The number of carbonyl (C=O) groups is 1. The molecule has 1 N–H and O–H groups in total. The zero-order chi connectivity index (χ0) is 18.6. The molecule has 1 aliphatic rings. The van der Waals surface area contributed by atoms with Crippen LogP contribution in [0.5, 0.6) is 0 Å². The number of benzene rings is 2. The molecule has 0 saturated heterocycles. The third kappa shape index (κ3) is 2.58. The number of aromatic nitrogens is 1. The zero-order valence-corrected chi connectivity index (χ0v) is 16.4. The van der Waals surface area contributed by atoms with Gasteiger partial charge in [0.25, 0.3) is 0 Å². The summed E-state index contributed by atoms with van der Waals surface area (Å²) in [5.74, 6) is 0.0356. The maximum absolute atomic E-state index is 11.6. The standard InChI is InChI=1S/C20H19ClN2O2S/c1-11-8-16-18(13-4-6-14(21)7-5-13)15(9-17(24)25)12(2)19-20(16)23(11)10-26-22(19)3/h4-8H,9-10H2,1-3H3,(H,24,25). The molecule has 0 unspecified atom stereocenters. The number of rotatable bonds is 3. The first-order chi connectivity index (χ1) is 12.4. The SMILES string of the molecule is Cc1c(CC(=O)O)c(-c2ccc(Cl)cc2)c2cc(C)n3c2c1N(C)SC3. The summed E-state index contributed by atoms with van der Waals surface area (Å²) < 4.78 is 4.47. The predicted molar refractivity (Wildman–Crippen MR) is 109 cm³/mol. The molecular formula is C20H19ClN2O2S. The van der Waals surface area contributed by atoms with Crippen LogP contribution in [0.25, 0.3) is 22.0 Å². The lowest BCUT2D eigenvalue weighted by Gasteiger charge is -2.30. The van der Waals surface area contributed by atoms with Crippen LogP contribution in [0, 0.1) is 13.8 Å². The fraction of sp³-hybridized carbons (Fsp3) is 0.250. The minimum absolute atomic E-state index is 0.00450. The van der Waals surface area contributed by atoms with Crippen LogP contribution in [0.3, 0.4) is 0 Å². The van der Waals surface area contributed by atoms with E-state index in [0.717, 1.165) is 39.2 Å². The van der Waals surface area contributed by atoms with E-state index in [2.05, 4.69) is 21.9 Å². The van der Waals surface area contributed by atoms with Crippen molar-refractivity contribution in [1.29, 1.82) is 0 Å². The van der Waals surface area contributed by atoms with Gasteiger partial charge >= 0.3 is 5.97 Å². The topological polar surface area (TPSA) is 45.5 Å². The molecule has 0 bridgehead atoms. The first-order valence-electron chi connectivity index (χ1n) is 8.38. The van der Waals surface area contributed by atoms with Crippen LogP contribution in [-0.2, 0) is 17.1 Å². The van der Waals surface area contributed by atoms with E-state index in [1.165, 1.54) is 11.2 Å². The number of carboxylic acid groups (broad SMARTS) is 1. The summed E-state index contributed by atoms with van der Waals surface area (Å²) in [5, 5.41) is 11.3. The van der Waals surface area contributed by atoms with Gasteiger partial charge in [-0.15, -0.1) is 0 Å². The second kappa shape index (κ2) is 6.25. The van der Waals surface area contributed by atoms with Gasteiger partial charge in [-0.1, -0.05) is 23.7 Å². The van der Waals surface area contributed by atoms with Gasteiger partial charge in [-0.2, -0.15) is 0 Å². The second-order valence-electron chi connectivity index (χ2n) is 6.64. The number of halogens is 1. The highest BCUT2D eigenvalue weighted by molar-refractivity contribution is 7.99. The zero-order valence-electron chi connectivity index (χ0n) is 14.8. The van der Waals surface area contributed by atoms with E-state index in [4.69, 9.17) is 11.6 Å². The first kappa shape index (κ1) is 17.3. The van der Waals surface area contributed by atoms with E-state index in [1.54, 1.807) is 11.9 Å². The molecule has 0 saturated carbocycles. The van der Waals surface area contributed by atoms with E-state index < -0.39 is 5.97 Å². The van der Waals surface area contributed by atoms with Gasteiger partial charge in [0.2, 0.25) is 0 Å². The fourth-order valence-corrected chi connectivity index (χ4v) is 4.97. The van der Waals surface area contributed by atoms with Crippen molar-refractivity contribution in [1.82, 2.24) is 4.57 Å². The second-order valence-corrected chi connectivity index (χ2v) is 8.14. The molecule has 134 valence electrons. The van der Waals surface area contributed by atoms with Gasteiger partial charge in [0.15, 0.2) is 0 Å².